The van der Waals surface area contributed by atoms with Gasteiger partial charge in [-0.05, 0) is 112 Å². The molecule has 0 radical (unpaired) electrons. The van der Waals surface area contributed by atoms with E-state index in [0.717, 1.165) is 50.3 Å². The molecule has 0 spiro atoms. The molecule has 0 N–H and O–H groups in total. The quantitative estimate of drug-likeness (QED) is 0.515. The number of rotatable bonds is 4. The molecule has 1 amide bonds. The normalized spacial score (nSPS) is 16.8. The Labute approximate surface area is 199 Å². The average molecular weight is 450 g/mol. The van der Waals surface area contributed by atoms with Gasteiger partial charge in [-0.1, -0.05) is 19.9 Å². The molecule has 33 heavy (non-hydrogen) atoms. The Morgan fingerprint density at radius 2 is 1.85 bits per heavy atom. The maximum absolute atomic E-state index is 13.1. The predicted molar refractivity (Wildman–Crippen MR) is 135 cm³/mol. The van der Waals surface area contributed by atoms with Gasteiger partial charge >= 0.3 is 0 Å². The first kappa shape index (κ1) is 23.8. The Kier molecular flexibility index (Phi) is 6.59. The summed E-state index contributed by atoms with van der Waals surface area (Å²) in [5.74, 6) is 1.18. The van der Waals surface area contributed by atoms with Gasteiger partial charge in [0.05, 0.1) is 18.3 Å². The smallest absolute Gasteiger partial charge is 0.229 e. The summed E-state index contributed by atoms with van der Waals surface area (Å²) in [5.41, 5.74) is 8.24. The van der Waals surface area contributed by atoms with Crippen molar-refractivity contribution in [3.63, 3.8) is 0 Å². The minimum atomic E-state index is -0.265. The summed E-state index contributed by atoms with van der Waals surface area (Å²) in [4.78, 5) is 15.1. The van der Waals surface area contributed by atoms with E-state index in [1.165, 1.54) is 33.4 Å². The van der Waals surface area contributed by atoms with Crippen LogP contribution in [0.25, 0.3) is 11.1 Å². The molecule has 0 fully saturated rings. The van der Waals surface area contributed by atoms with Gasteiger partial charge in [-0.25, -0.2) is 0 Å². The van der Waals surface area contributed by atoms with Crippen molar-refractivity contribution in [2.45, 2.75) is 85.9 Å². The number of benzene rings is 2. The summed E-state index contributed by atoms with van der Waals surface area (Å²) < 4.78 is 12.4. The van der Waals surface area contributed by atoms with Crippen LogP contribution in [0.15, 0.2) is 24.3 Å². The lowest BCUT2D eigenvalue weighted by molar-refractivity contribution is -0.121. The van der Waals surface area contributed by atoms with Gasteiger partial charge in [0, 0.05) is 18.2 Å². The van der Waals surface area contributed by atoms with Crippen LogP contribution >= 0.6 is 0 Å². The van der Waals surface area contributed by atoms with E-state index in [9.17, 15) is 4.79 Å². The van der Waals surface area contributed by atoms with Gasteiger partial charge in [0.2, 0.25) is 5.91 Å². The van der Waals surface area contributed by atoms with E-state index in [-0.39, 0.29) is 23.5 Å². The highest BCUT2D eigenvalue weighted by Crippen LogP contribution is 2.44. The second-order valence-corrected chi connectivity index (χ2v) is 10.9. The lowest BCUT2D eigenvalue weighted by Gasteiger charge is -2.36. The van der Waals surface area contributed by atoms with Crippen molar-refractivity contribution >= 4 is 11.6 Å². The molecule has 2 aliphatic rings. The Balaban J connectivity index is 1.92. The average Bonchev–Trinajstić information content (AvgIpc) is 2.75. The molecule has 0 aromatic heterocycles. The Bertz CT molecular complexity index is 1050. The summed E-state index contributed by atoms with van der Waals surface area (Å²) in [5, 5.41) is 0. The number of ether oxygens (including phenoxy) is 2. The first-order chi connectivity index (χ1) is 15.6. The summed E-state index contributed by atoms with van der Waals surface area (Å²) in [6, 6.07) is 8.84. The van der Waals surface area contributed by atoms with Crippen molar-refractivity contribution in [3.05, 3.63) is 46.5 Å². The van der Waals surface area contributed by atoms with Crippen LogP contribution in [0.3, 0.4) is 0 Å². The zero-order valence-electron chi connectivity index (χ0n) is 21.4. The molecule has 2 aromatic rings. The van der Waals surface area contributed by atoms with Crippen molar-refractivity contribution in [2.75, 3.05) is 18.1 Å². The van der Waals surface area contributed by atoms with Crippen molar-refractivity contribution < 1.29 is 14.3 Å². The van der Waals surface area contributed by atoms with Gasteiger partial charge in [0.1, 0.15) is 5.75 Å². The molecule has 1 unspecified atom stereocenters. The van der Waals surface area contributed by atoms with Gasteiger partial charge in [0.25, 0.3) is 0 Å². The first-order valence-corrected chi connectivity index (χ1v) is 12.5. The Hall–Kier alpha value is -2.33. The van der Waals surface area contributed by atoms with E-state index in [0.29, 0.717) is 0 Å². The first-order valence-electron chi connectivity index (χ1n) is 12.5. The number of hydrogen-bond donors (Lipinski definition) is 0. The minimum absolute atomic E-state index is 0.0247. The Morgan fingerprint density at radius 3 is 2.55 bits per heavy atom. The van der Waals surface area contributed by atoms with Crippen molar-refractivity contribution in [3.8, 4) is 16.9 Å². The van der Waals surface area contributed by atoms with E-state index in [1.807, 2.05) is 18.7 Å². The Morgan fingerprint density at radius 1 is 1.09 bits per heavy atom. The second-order valence-electron chi connectivity index (χ2n) is 10.9. The van der Waals surface area contributed by atoms with Crippen molar-refractivity contribution in [1.82, 2.24) is 0 Å². The van der Waals surface area contributed by atoms with Crippen LogP contribution in [0.2, 0.25) is 0 Å². The summed E-state index contributed by atoms with van der Waals surface area (Å²) in [6.45, 7) is 16.2. The van der Waals surface area contributed by atoms with E-state index in [2.05, 4.69) is 58.9 Å². The molecular weight excluding hydrogens is 410 g/mol. The van der Waals surface area contributed by atoms with Crippen LogP contribution in [0, 0.1) is 12.8 Å². The highest BCUT2D eigenvalue weighted by Gasteiger charge is 2.31. The lowest BCUT2D eigenvalue weighted by atomic mass is 9.83. The summed E-state index contributed by atoms with van der Waals surface area (Å²) in [7, 11) is 0. The number of hydrogen-bond acceptors (Lipinski definition) is 3. The monoisotopic (exact) mass is 449 g/mol. The third-order valence-corrected chi connectivity index (χ3v) is 6.64. The maximum Gasteiger partial charge on any atom is 0.229 e. The van der Waals surface area contributed by atoms with E-state index in [4.69, 9.17) is 9.47 Å². The molecule has 2 aliphatic heterocycles. The molecule has 1 atom stereocenters. The third-order valence-electron chi connectivity index (χ3n) is 6.64. The fourth-order valence-corrected chi connectivity index (χ4v) is 5.38. The third kappa shape index (κ3) is 4.82. The SMILES string of the molecule is Cc1cc2c(c(C(C)OC(C)(C)C)c1-c1ccc3c(c1)CCCO3)CCCN2C(=O)C(C)C. The lowest BCUT2D eigenvalue weighted by Crippen LogP contribution is -2.39. The highest BCUT2D eigenvalue weighted by atomic mass is 16.5. The van der Waals surface area contributed by atoms with Crippen LogP contribution in [0.4, 0.5) is 5.69 Å². The van der Waals surface area contributed by atoms with Crippen molar-refractivity contribution in [2.24, 2.45) is 5.92 Å². The summed E-state index contributed by atoms with van der Waals surface area (Å²) in [6.07, 6.45) is 3.96. The number of amides is 1. The highest BCUT2D eigenvalue weighted by molar-refractivity contribution is 5.97. The number of carbonyl (C=O) groups excluding carboxylic acids is 1. The van der Waals surface area contributed by atoms with E-state index >= 15 is 0 Å². The molecule has 178 valence electrons. The van der Waals surface area contributed by atoms with Crippen LogP contribution < -0.4 is 9.64 Å². The van der Waals surface area contributed by atoms with Crippen LogP contribution in [-0.2, 0) is 22.4 Å². The number of fused-ring (bicyclic) bond motifs is 2. The number of aryl methyl sites for hydroxylation is 2. The molecule has 4 rings (SSSR count). The molecule has 4 heteroatoms. The predicted octanol–water partition coefficient (Wildman–Crippen LogP) is 6.80. The fraction of sp³-hybridized carbons (Fsp3) is 0.552. The zero-order valence-corrected chi connectivity index (χ0v) is 21.4. The zero-order chi connectivity index (χ0) is 23.9. The standard InChI is InChI=1S/C29H39NO3/c1-18(2)28(31)30-14-8-11-23-24(30)16-19(3)26(27(23)20(4)33-29(5,6)7)22-12-13-25-21(17-22)10-9-15-32-25/h12-13,16-18,20H,8-11,14-15H2,1-7H3. The van der Waals surface area contributed by atoms with Crippen molar-refractivity contribution in [1.29, 1.82) is 0 Å². The number of anilines is 1. The van der Waals surface area contributed by atoms with Crippen LogP contribution in [0.1, 0.15) is 82.7 Å². The topological polar surface area (TPSA) is 38.8 Å². The van der Waals surface area contributed by atoms with Crippen LogP contribution in [-0.4, -0.2) is 24.7 Å². The molecule has 4 nitrogen and oxygen atoms in total. The molecule has 0 saturated heterocycles. The van der Waals surface area contributed by atoms with E-state index < -0.39 is 0 Å². The molecule has 0 bridgehead atoms. The maximum atomic E-state index is 13.1. The molecule has 0 aliphatic carbocycles. The van der Waals surface area contributed by atoms with Gasteiger partial charge in [-0.2, -0.15) is 0 Å². The van der Waals surface area contributed by atoms with Crippen LogP contribution in [0.5, 0.6) is 5.75 Å². The number of carbonyl (C=O) groups is 1. The second kappa shape index (κ2) is 9.13. The minimum Gasteiger partial charge on any atom is -0.493 e. The molecular formula is C29H39NO3. The largest absolute Gasteiger partial charge is 0.493 e. The number of nitrogens with zero attached hydrogens (tertiary/aromatic N) is 1. The molecule has 2 aromatic carbocycles. The fourth-order valence-electron chi connectivity index (χ4n) is 5.38. The van der Waals surface area contributed by atoms with Gasteiger partial charge < -0.3 is 14.4 Å². The summed E-state index contributed by atoms with van der Waals surface area (Å²) >= 11 is 0. The van der Waals surface area contributed by atoms with Gasteiger partial charge in [0.15, 0.2) is 0 Å². The molecule has 2 heterocycles. The molecule has 0 saturated carbocycles. The van der Waals surface area contributed by atoms with E-state index in [1.54, 1.807) is 0 Å². The van der Waals surface area contributed by atoms with Gasteiger partial charge in [-0.3, -0.25) is 4.79 Å². The van der Waals surface area contributed by atoms with Gasteiger partial charge in [-0.15, -0.1) is 0 Å².